The Morgan fingerprint density at radius 1 is 0.535 bits per heavy atom. The van der Waals surface area contributed by atoms with E-state index in [-0.39, 0.29) is 74.8 Å². The van der Waals surface area contributed by atoms with Gasteiger partial charge in [-0.1, -0.05) is 66.6 Å². The van der Waals surface area contributed by atoms with Crippen LogP contribution in [0.15, 0.2) is 34.3 Å². The number of ketones is 3. The van der Waals surface area contributed by atoms with Crippen molar-refractivity contribution in [2.45, 2.75) is 235 Å². The molecule has 17 rings (SSSR count). The molecule has 5 aromatic rings. The highest BCUT2D eigenvalue weighted by Crippen LogP contribution is 2.59. The first-order valence-corrected chi connectivity index (χ1v) is 36.0. The molecule has 0 amide bonds. The number of carbonyl (C=O) groups excluding carboxylic acids is 3. The van der Waals surface area contributed by atoms with E-state index in [0.717, 1.165) is 171 Å². The van der Waals surface area contributed by atoms with Crippen molar-refractivity contribution >= 4 is 17.3 Å². The number of Topliss-reactive ketones (excluding diaryl/α,β-unsaturated/α-hetero) is 3. The molecule has 99 heavy (non-hydrogen) atoms. The smallest absolute Gasteiger partial charge is 0.282 e. The number of hydrogen-bond acceptors (Lipinski definition) is 20. The minimum Gasteiger partial charge on any atom is -0.515 e. The maximum atomic E-state index is 12.5. The zero-order valence-corrected chi connectivity index (χ0v) is 59.8. The van der Waals surface area contributed by atoms with Crippen molar-refractivity contribution in [2.75, 3.05) is 35.5 Å². The van der Waals surface area contributed by atoms with Crippen LogP contribution in [0.1, 0.15) is 255 Å². The summed E-state index contributed by atoms with van der Waals surface area (Å²) in [4.78, 5) is 83.1. The first-order valence-electron chi connectivity index (χ1n) is 36.0. The first kappa shape index (κ1) is 69.4. The van der Waals surface area contributed by atoms with Crippen LogP contribution in [0, 0.1) is 54.6 Å². The lowest BCUT2D eigenvalue weighted by Crippen LogP contribution is -2.52. The summed E-state index contributed by atoms with van der Waals surface area (Å²) in [5, 5.41) is 20.9. The fourth-order valence-corrected chi connectivity index (χ4v) is 19.0. The Hall–Kier alpha value is -8.08. The number of aliphatic hydroxyl groups excluding tert-OH is 1. The number of methoxy groups -OCH3 is 4. The average Bonchev–Trinajstić information content (AvgIpc) is 1.74. The van der Waals surface area contributed by atoms with Crippen LogP contribution < -0.4 is 24.4 Å². The Labute approximate surface area is 580 Å². The molecule has 12 aliphatic rings. The predicted octanol–water partition coefficient (Wildman–Crippen LogP) is 12.6. The molecule has 0 saturated heterocycles. The number of carbonyl (C=O) groups is 3. The lowest BCUT2D eigenvalue weighted by atomic mass is 9.55. The zero-order valence-electron chi connectivity index (χ0n) is 59.8. The van der Waals surface area contributed by atoms with Gasteiger partial charge in [0.15, 0.2) is 11.6 Å². The van der Waals surface area contributed by atoms with Crippen LogP contribution in [0.5, 0.6) is 23.5 Å². The third-order valence-electron chi connectivity index (χ3n) is 24.9. The van der Waals surface area contributed by atoms with Crippen molar-refractivity contribution in [3.8, 4) is 23.5 Å². The molecule has 6 saturated carbocycles. The monoisotopic (exact) mass is 1350 g/mol. The van der Waals surface area contributed by atoms with Crippen molar-refractivity contribution < 1.29 is 48.2 Å². The van der Waals surface area contributed by atoms with E-state index in [9.17, 15) is 19.5 Å². The van der Waals surface area contributed by atoms with Gasteiger partial charge in [0, 0.05) is 116 Å². The van der Waals surface area contributed by atoms with Crippen molar-refractivity contribution in [3.05, 3.63) is 132 Å². The number of nitrogens with one attached hydrogen (secondary N) is 1. The van der Waals surface area contributed by atoms with Gasteiger partial charge in [-0.05, 0) is 139 Å². The number of fused-ring (bicyclic) bond motifs is 13. The fraction of sp³-hybridized carbons (Fsp3) is 0.636. The van der Waals surface area contributed by atoms with Crippen LogP contribution >= 0.6 is 0 Å². The highest BCUT2D eigenvalue weighted by Gasteiger charge is 2.58. The zero-order chi connectivity index (χ0) is 70.4. The number of aromatic nitrogens is 9. The number of ether oxygens (including phenoxy) is 4. The van der Waals surface area contributed by atoms with E-state index < -0.39 is 11.5 Å². The molecule has 13 atom stereocenters. The van der Waals surface area contributed by atoms with Gasteiger partial charge in [0.25, 0.3) is 6.04 Å². The highest BCUT2D eigenvalue weighted by molar-refractivity contribution is 6.00. The van der Waals surface area contributed by atoms with E-state index in [0.29, 0.717) is 71.6 Å². The second-order valence-electron chi connectivity index (χ2n) is 31.1. The molecule has 5 aromatic heterocycles. The van der Waals surface area contributed by atoms with Crippen LogP contribution in [0.25, 0.3) is 9.69 Å². The first-order chi connectivity index (χ1) is 47.5. The number of aliphatic hydroxyl groups is 1. The largest absolute Gasteiger partial charge is 0.515 e. The number of allylic oxidation sites excluding steroid dienone is 3. The summed E-state index contributed by atoms with van der Waals surface area (Å²) in [5.74, 6) is 10.8. The second-order valence-corrected chi connectivity index (χ2v) is 31.1. The molecule has 1 unspecified atom stereocenters. The topological polar surface area (TPSA) is 278 Å². The molecule has 0 bridgehead atoms. The quantitative estimate of drug-likeness (QED) is 0.0563. The average molecular weight is 1350 g/mol. The van der Waals surface area contributed by atoms with Crippen LogP contribution in [0.3, 0.4) is 0 Å². The highest BCUT2D eigenvalue weighted by atomic mass is 16.5. The third-order valence-corrected chi connectivity index (χ3v) is 24.9. The Kier molecular flexibility index (Phi) is 18.8. The SMILES string of the molecule is CNO.COc1nc(C2CC2)nc2c1CC[C@H]1[C@H](C)C(=O)/C(=C\O)C[C@]21C.COc1nc(C2CC2)nc2c1CC[C@H]1[C@H](C)c3oncc3C[C@]21C.[C-]#[N+]C1=C[C@]2(C)c3nc(C4CC4)nc(OC)c3CC[C@H]2[C@H](C)C1=O.[C-]#[N+]C1C[C@]2(C)c3nc(C4CC4)nc(OC)c3CC[C@H]2[C@H](C)C1=O. The summed E-state index contributed by atoms with van der Waals surface area (Å²) >= 11 is 0. The number of nitrogens with zero attached hydrogens (tertiary/aromatic N) is 11. The van der Waals surface area contributed by atoms with E-state index in [1.54, 1.807) is 33.9 Å². The van der Waals surface area contributed by atoms with Crippen molar-refractivity contribution in [3.63, 3.8) is 0 Å². The maximum absolute atomic E-state index is 12.5. The summed E-state index contributed by atoms with van der Waals surface area (Å²) in [5.41, 5.74) is 11.5. The molecule has 524 valence electrons. The predicted molar refractivity (Wildman–Crippen MR) is 366 cm³/mol. The minimum atomic E-state index is -0.544. The van der Waals surface area contributed by atoms with Crippen LogP contribution in [0.4, 0.5) is 0 Å². The van der Waals surface area contributed by atoms with E-state index in [2.05, 4.69) is 64.4 Å². The molecule has 0 spiro atoms. The van der Waals surface area contributed by atoms with Gasteiger partial charge in [-0.25, -0.2) is 36.8 Å². The Morgan fingerprint density at radius 3 is 1.33 bits per heavy atom. The Balaban J connectivity index is 0.000000117. The minimum absolute atomic E-state index is 0.00537. The van der Waals surface area contributed by atoms with Crippen LogP contribution in [0.2, 0.25) is 0 Å². The standard InChI is InChI=1S/2C19H23N3O2.C19H21N3O2.C19H24N2O3.CH5NO/c1-10-14-7-6-13-16(19(14,2)8-12-9-20-24-15(10)12)21-17(11-4-5-11)22-18(13)23-3;2*1-10-13-8-7-12-16(19(13,2)9-14(20-3)15(10)23)21-17(11-5-6-11)22-18(12)24-4;1-10-14-7-6-13-16(19(14,2)8-12(9-22)15(10)23)20-17(11-4-5-11)21-18(13)24-3;1-2-3/h9-11,14H,4-8H2,1-3H3;10-11,13-14H,5-9H2,1-2,4H3;9-11,13H,5-8H2,1-2,4H3;9-11,14,22H,4-8H2,1-3H3;2-3H,1H3/b;;;12-9-;/t10-,14-,19-;10-,13-,14?,19-;10-,13-,19-;10-,14-,19-;/m0000./s1. The maximum Gasteiger partial charge on any atom is 0.282 e. The van der Waals surface area contributed by atoms with Gasteiger partial charge >= 0.3 is 0 Å². The van der Waals surface area contributed by atoms with Crippen LogP contribution in [-0.2, 0) is 68.1 Å². The van der Waals surface area contributed by atoms with Gasteiger partial charge < -0.3 is 43.4 Å². The summed E-state index contributed by atoms with van der Waals surface area (Å²) in [6, 6.07) is -0.544. The van der Waals surface area contributed by atoms with E-state index in [1.807, 2.05) is 33.0 Å². The Morgan fingerprint density at radius 2 is 0.919 bits per heavy atom. The van der Waals surface area contributed by atoms with Crippen molar-refractivity contribution in [1.29, 1.82) is 0 Å². The van der Waals surface area contributed by atoms with Gasteiger partial charge in [0.1, 0.15) is 29.1 Å². The van der Waals surface area contributed by atoms with Crippen molar-refractivity contribution in [1.82, 2.24) is 50.5 Å². The number of hydroxylamine groups is 1. The normalized spacial score (nSPS) is 32.1. The molecular weight excluding hydrogens is 1250 g/mol. The molecule has 6 fully saturated rings. The molecule has 3 N–H and O–H groups in total. The van der Waals surface area contributed by atoms with Gasteiger partial charge in [0.2, 0.25) is 35.0 Å². The molecule has 0 radical (unpaired) electrons. The van der Waals surface area contributed by atoms with Crippen molar-refractivity contribution in [2.24, 2.45) is 41.4 Å². The third kappa shape index (κ3) is 12.1. The molecule has 0 aliphatic heterocycles. The molecule has 22 heteroatoms. The second kappa shape index (κ2) is 26.8. The fourth-order valence-electron chi connectivity index (χ4n) is 19.0. The summed E-state index contributed by atoms with van der Waals surface area (Å²) in [6.45, 7) is 31.9. The van der Waals surface area contributed by atoms with E-state index in [4.69, 9.17) is 66.7 Å². The molecule has 12 aliphatic carbocycles. The number of hydrogen-bond donors (Lipinski definition) is 3. The molecule has 22 nitrogen and oxygen atoms in total. The summed E-state index contributed by atoms with van der Waals surface area (Å²) in [6.07, 6.45) is 23.4. The van der Waals surface area contributed by atoms with Gasteiger partial charge in [-0.3, -0.25) is 9.59 Å². The lowest BCUT2D eigenvalue weighted by molar-refractivity contribution is -0.129. The van der Waals surface area contributed by atoms with Gasteiger partial charge in [0.05, 0.1) is 70.2 Å². The number of rotatable bonds is 8. The van der Waals surface area contributed by atoms with Gasteiger partial charge in [-0.15, -0.1) is 0 Å². The molecular formula is C77H96N12O10. The molecule has 5 heterocycles. The van der Waals surface area contributed by atoms with Gasteiger partial charge in [-0.2, -0.15) is 19.9 Å². The Bertz CT molecular complexity index is 4180. The van der Waals surface area contributed by atoms with E-state index in [1.165, 1.54) is 36.7 Å². The lowest BCUT2D eigenvalue weighted by Gasteiger charge is -2.48. The summed E-state index contributed by atoms with van der Waals surface area (Å²) in [7, 11) is 8.15. The van der Waals surface area contributed by atoms with E-state index >= 15 is 0 Å². The summed E-state index contributed by atoms with van der Waals surface area (Å²) < 4.78 is 27.9. The van der Waals surface area contributed by atoms with Crippen LogP contribution in [-0.4, -0.2) is 114 Å². The molecule has 0 aromatic carbocycles.